The number of ether oxygens (including phenoxy) is 1. The van der Waals surface area contributed by atoms with E-state index in [1.54, 1.807) is 25.1 Å². The third-order valence-electron chi connectivity index (χ3n) is 2.34. The molecule has 2 nitrogen and oxygen atoms in total. The number of carbonyl (C=O) groups excluding carboxylic acids is 1. The Balaban J connectivity index is 3.04. The number of rotatable bonds is 4. The Morgan fingerprint density at radius 3 is 2.62 bits per heavy atom. The summed E-state index contributed by atoms with van der Waals surface area (Å²) in [7, 11) is 0. The second kappa shape index (κ2) is 6.12. The fraction of sp³-hybridized carbons (Fsp3) is 0.417. The molecule has 1 aromatic carbocycles. The van der Waals surface area contributed by atoms with Crippen molar-refractivity contribution >= 4 is 29.2 Å². The first-order valence-electron chi connectivity index (χ1n) is 5.22. The van der Waals surface area contributed by atoms with E-state index in [-0.39, 0.29) is 11.9 Å². The van der Waals surface area contributed by atoms with Crippen LogP contribution in [0, 0.1) is 0 Å². The fourth-order valence-electron chi connectivity index (χ4n) is 1.55. The van der Waals surface area contributed by atoms with Gasteiger partial charge in [0.2, 0.25) is 0 Å². The number of hydrogen-bond acceptors (Lipinski definition) is 2. The summed E-state index contributed by atoms with van der Waals surface area (Å²) in [5.74, 6) is -0.597. The van der Waals surface area contributed by atoms with Crippen molar-refractivity contribution in [1.82, 2.24) is 0 Å². The van der Waals surface area contributed by atoms with Crippen molar-refractivity contribution in [3.8, 4) is 0 Å². The van der Waals surface area contributed by atoms with Gasteiger partial charge in [-0.2, -0.15) is 0 Å². The van der Waals surface area contributed by atoms with Gasteiger partial charge in [0.1, 0.15) is 0 Å². The number of benzene rings is 1. The Labute approximate surface area is 106 Å². The van der Waals surface area contributed by atoms with Gasteiger partial charge in [-0.1, -0.05) is 42.3 Å². The lowest BCUT2D eigenvalue weighted by molar-refractivity contribution is -0.145. The Morgan fingerprint density at radius 2 is 2.06 bits per heavy atom. The van der Waals surface area contributed by atoms with Crippen LogP contribution in [-0.2, 0) is 9.53 Å². The lowest BCUT2D eigenvalue weighted by Gasteiger charge is -2.15. The van der Waals surface area contributed by atoms with Crippen LogP contribution in [0.3, 0.4) is 0 Å². The van der Waals surface area contributed by atoms with E-state index >= 15 is 0 Å². The lowest BCUT2D eigenvalue weighted by Crippen LogP contribution is -2.15. The fourth-order valence-corrected chi connectivity index (χ4v) is 1.99. The Hall–Kier alpha value is -0.730. The zero-order valence-corrected chi connectivity index (χ0v) is 10.8. The third kappa shape index (κ3) is 2.89. The topological polar surface area (TPSA) is 26.3 Å². The number of halogens is 2. The van der Waals surface area contributed by atoms with Crippen LogP contribution in [0.15, 0.2) is 18.2 Å². The van der Waals surface area contributed by atoms with Gasteiger partial charge >= 0.3 is 5.97 Å². The molecule has 0 saturated carbocycles. The maximum absolute atomic E-state index is 11.7. The van der Waals surface area contributed by atoms with Gasteiger partial charge in [0, 0.05) is 0 Å². The van der Waals surface area contributed by atoms with Crippen molar-refractivity contribution in [2.75, 3.05) is 6.61 Å². The molecule has 0 N–H and O–H groups in total. The molecule has 0 saturated heterocycles. The van der Waals surface area contributed by atoms with Gasteiger partial charge < -0.3 is 4.74 Å². The van der Waals surface area contributed by atoms with Crippen molar-refractivity contribution in [2.45, 2.75) is 26.2 Å². The van der Waals surface area contributed by atoms with Gasteiger partial charge in [0.05, 0.1) is 22.6 Å². The molecule has 0 bridgehead atoms. The van der Waals surface area contributed by atoms with Crippen molar-refractivity contribution in [2.24, 2.45) is 0 Å². The molecule has 88 valence electrons. The van der Waals surface area contributed by atoms with Gasteiger partial charge in [-0.25, -0.2) is 0 Å². The molecular formula is C12H14Cl2O2. The Bertz CT molecular complexity index is 377. The molecule has 0 aromatic heterocycles. The minimum absolute atomic E-state index is 0.255. The molecular weight excluding hydrogens is 247 g/mol. The van der Waals surface area contributed by atoms with Crippen LogP contribution in [0.5, 0.6) is 0 Å². The van der Waals surface area contributed by atoms with Crippen LogP contribution in [-0.4, -0.2) is 12.6 Å². The summed E-state index contributed by atoms with van der Waals surface area (Å²) in [6, 6.07) is 5.29. The summed E-state index contributed by atoms with van der Waals surface area (Å²) >= 11 is 12.0. The molecule has 0 amide bonds. The molecule has 1 atom stereocenters. The van der Waals surface area contributed by atoms with Gasteiger partial charge in [-0.05, 0) is 25.0 Å². The quantitative estimate of drug-likeness (QED) is 0.764. The molecule has 0 aliphatic rings. The van der Waals surface area contributed by atoms with Crippen LogP contribution in [0.1, 0.15) is 31.7 Å². The molecule has 0 radical (unpaired) electrons. The van der Waals surface area contributed by atoms with E-state index in [0.717, 1.165) is 5.56 Å². The SMILES string of the molecule is CCOC(=O)C(CC)c1cccc(Cl)c1Cl. The van der Waals surface area contributed by atoms with E-state index in [9.17, 15) is 4.79 Å². The molecule has 16 heavy (non-hydrogen) atoms. The van der Waals surface area contributed by atoms with Crippen LogP contribution in [0.4, 0.5) is 0 Å². The number of esters is 1. The zero-order chi connectivity index (χ0) is 12.1. The van der Waals surface area contributed by atoms with E-state index in [1.807, 2.05) is 6.92 Å². The average molecular weight is 261 g/mol. The van der Waals surface area contributed by atoms with Crippen molar-refractivity contribution in [3.63, 3.8) is 0 Å². The van der Waals surface area contributed by atoms with E-state index in [0.29, 0.717) is 23.1 Å². The maximum atomic E-state index is 11.7. The van der Waals surface area contributed by atoms with Crippen LogP contribution in [0.25, 0.3) is 0 Å². The molecule has 4 heteroatoms. The summed E-state index contributed by atoms with van der Waals surface area (Å²) in [5.41, 5.74) is 0.732. The van der Waals surface area contributed by atoms with E-state index in [2.05, 4.69) is 0 Å². The number of hydrogen-bond donors (Lipinski definition) is 0. The average Bonchev–Trinajstić information content (AvgIpc) is 2.25. The smallest absolute Gasteiger partial charge is 0.313 e. The predicted molar refractivity (Wildman–Crippen MR) is 66.1 cm³/mol. The molecule has 0 spiro atoms. The predicted octanol–water partition coefficient (Wildman–Crippen LogP) is 4.05. The molecule has 0 fully saturated rings. The first-order chi connectivity index (χ1) is 7.61. The highest BCUT2D eigenvalue weighted by Crippen LogP contribution is 2.33. The van der Waals surface area contributed by atoms with Gasteiger partial charge in [0.15, 0.2) is 0 Å². The second-order valence-electron chi connectivity index (χ2n) is 3.36. The summed E-state index contributed by atoms with van der Waals surface area (Å²) in [6.45, 7) is 4.07. The molecule has 1 unspecified atom stereocenters. The standard InChI is InChI=1S/C12H14Cl2O2/c1-3-8(12(15)16-4-2)9-6-5-7-10(13)11(9)14/h5-8H,3-4H2,1-2H3. The van der Waals surface area contributed by atoms with Crippen LogP contribution in [0.2, 0.25) is 10.0 Å². The Morgan fingerprint density at radius 1 is 1.38 bits per heavy atom. The lowest BCUT2D eigenvalue weighted by atomic mass is 9.96. The molecule has 0 heterocycles. The monoisotopic (exact) mass is 260 g/mol. The van der Waals surface area contributed by atoms with Crippen molar-refractivity contribution in [1.29, 1.82) is 0 Å². The molecule has 1 rings (SSSR count). The molecule has 1 aromatic rings. The first-order valence-corrected chi connectivity index (χ1v) is 5.97. The largest absolute Gasteiger partial charge is 0.466 e. The summed E-state index contributed by atoms with van der Waals surface area (Å²) < 4.78 is 5.00. The van der Waals surface area contributed by atoms with Crippen LogP contribution < -0.4 is 0 Å². The van der Waals surface area contributed by atoms with E-state index in [1.165, 1.54) is 0 Å². The normalized spacial score (nSPS) is 12.2. The highest BCUT2D eigenvalue weighted by Gasteiger charge is 2.23. The van der Waals surface area contributed by atoms with Gasteiger partial charge in [0.25, 0.3) is 0 Å². The van der Waals surface area contributed by atoms with Crippen molar-refractivity contribution < 1.29 is 9.53 Å². The Kier molecular flexibility index (Phi) is 5.10. The second-order valence-corrected chi connectivity index (χ2v) is 4.14. The maximum Gasteiger partial charge on any atom is 0.313 e. The summed E-state index contributed by atoms with van der Waals surface area (Å²) in [5, 5.41) is 0.894. The highest BCUT2D eigenvalue weighted by atomic mass is 35.5. The van der Waals surface area contributed by atoms with Gasteiger partial charge in [-0.15, -0.1) is 0 Å². The first kappa shape index (κ1) is 13.3. The van der Waals surface area contributed by atoms with Crippen molar-refractivity contribution in [3.05, 3.63) is 33.8 Å². The summed E-state index contributed by atoms with van der Waals surface area (Å²) in [4.78, 5) is 11.7. The molecule has 0 aliphatic heterocycles. The summed E-state index contributed by atoms with van der Waals surface area (Å²) in [6.07, 6.45) is 0.638. The number of carbonyl (C=O) groups is 1. The molecule has 0 aliphatic carbocycles. The minimum atomic E-state index is -0.342. The highest BCUT2D eigenvalue weighted by molar-refractivity contribution is 6.42. The third-order valence-corrected chi connectivity index (χ3v) is 3.17. The van der Waals surface area contributed by atoms with E-state index in [4.69, 9.17) is 27.9 Å². The van der Waals surface area contributed by atoms with E-state index < -0.39 is 0 Å². The zero-order valence-electron chi connectivity index (χ0n) is 9.30. The minimum Gasteiger partial charge on any atom is -0.466 e. The van der Waals surface area contributed by atoms with Crippen LogP contribution >= 0.6 is 23.2 Å². The van der Waals surface area contributed by atoms with Gasteiger partial charge in [-0.3, -0.25) is 4.79 Å².